The van der Waals surface area contributed by atoms with E-state index in [-0.39, 0.29) is 5.75 Å². The SMILES string of the molecule is [C-]#[N+]c1ccc(Oc2cccc(O)c2)c(OCc2ccccc2)c1. The number of nitrogens with zero attached hydrogens (tertiary/aromatic N) is 1. The Labute approximate surface area is 140 Å². The summed E-state index contributed by atoms with van der Waals surface area (Å²) < 4.78 is 11.6. The monoisotopic (exact) mass is 317 g/mol. The quantitative estimate of drug-likeness (QED) is 0.648. The second-order valence-corrected chi connectivity index (χ2v) is 5.12. The Bertz CT molecular complexity index is 870. The number of hydrogen-bond donors (Lipinski definition) is 1. The minimum atomic E-state index is 0.122. The Kier molecular flexibility index (Phi) is 4.64. The molecule has 0 bridgehead atoms. The van der Waals surface area contributed by atoms with Crippen LogP contribution in [0.5, 0.6) is 23.0 Å². The number of ether oxygens (including phenoxy) is 2. The molecule has 3 rings (SSSR count). The first-order chi connectivity index (χ1) is 11.7. The minimum Gasteiger partial charge on any atom is -0.508 e. The molecule has 0 amide bonds. The van der Waals surface area contributed by atoms with Crippen LogP contribution < -0.4 is 9.47 Å². The molecule has 0 atom stereocenters. The van der Waals surface area contributed by atoms with Crippen LogP contribution in [0.15, 0.2) is 72.8 Å². The van der Waals surface area contributed by atoms with Crippen molar-refractivity contribution in [2.75, 3.05) is 0 Å². The third kappa shape index (κ3) is 3.84. The molecule has 0 aliphatic carbocycles. The van der Waals surface area contributed by atoms with Crippen molar-refractivity contribution in [3.8, 4) is 23.0 Å². The molecule has 0 fully saturated rings. The molecule has 3 aromatic rings. The van der Waals surface area contributed by atoms with E-state index in [0.717, 1.165) is 5.56 Å². The maximum Gasteiger partial charge on any atom is 0.191 e. The van der Waals surface area contributed by atoms with Gasteiger partial charge in [0.25, 0.3) is 0 Å². The van der Waals surface area contributed by atoms with Gasteiger partial charge in [0, 0.05) is 6.07 Å². The molecule has 0 unspecified atom stereocenters. The van der Waals surface area contributed by atoms with Crippen LogP contribution in [0, 0.1) is 6.57 Å². The standard InChI is InChI=1S/C20H15NO3/c1-21-16-10-11-19(24-18-9-5-8-17(22)13-18)20(12-16)23-14-15-6-3-2-4-7-15/h2-13,22H,14H2. The molecule has 118 valence electrons. The second kappa shape index (κ2) is 7.21. The maximum atomic E-state index is 9.54. The van der Waals surface area contributed by atoms with Crippen molar-refractivity contribution < 1.29 is 14.6 Å². The Morgan fingerprint density at radius 2 is 1.71 bits per heavy atom. The zero-order chi connectivity index (χ0) is 16.8. The Morgan fingerprint density at radius 3 is 2.46 bits per heavy atom. The van der Waals surface area contributed by atoms with Crippen molar-refractivity contribution >= 4 is 5.69 Å². The summed E-state index contributed by atoms with van der Waals surface area (Å²) in [5.41, 5.74) is 1.50. The van der Waals surface area contributed by atoms with Gasteiger partial charge in [-0.2, -0.15) is 0 Å². The van der Waals surface area contributed by atoms with E-state index in [2.05, 4.69) is 4.85 Å². The Balaban J connectivity index is 1.84. The van der Waals surface area contributed by atoms with E-state index < -0.39 is 0 Å². The fourth-order valence-corrected chi connectivity index (χ4v) is 2.17. The van der Waals surface area contributed by atoms with Crippen LogP contribution in [-0.4, -0.2) is 5.11 Å². The Morgan fingerprint density at radius 1 is 0.875 bits per heavy atom. The summed E-state index contributed by atoms with van der Waals surface area (Å²) >= 11 is 0. The van der Waals surface area contributed by atoms with Crippen molar-refractivity contribution in [1.82, 2.24) is 0 Å². The van der Waals surface area contributed by atoms with Crippen molar-refractivity contribution in [1.29, 1.82) is 0 Å². The van der Waals surface area contributed by atoms with E-state index in [1.54, 1.807) is 36.4 Å². The van der Waals surface area contributed by atoms with E-state index in [1.807, 2.05) is 30.3 Å². The highest BCUT2D eigenvalue weighted by atomic mass is 16.5. The maximum absolute atomic E-state index is 9.54. The number of hydrogen-bond acceptors (Lipinski definition) is 3. The highest BCUT2D eigenvalue weighted by Crippen LogP contribution is 2.36. The lowest BCUT2D eigenvalue weighted by Crippen LogP contribution is -1.97. The highest BCUT2D eigenvalue weighted by molar-refractivity contribution is 5.56. The van der Waals surface area contributed by atoms with Gasteiger partial charge in [-0.3, -0.25) is 0 Å². The van der Waals surface area contributed by atoms with Gasteiger partial charge < -0.3 is 14.6 Å². The average Bonchev–Trinajstić information content (AvgIpc) is 2.62. The molecule has 0 saturated carbocycles. The van der Waals surface area contributed by atoms with Crippen LogP contribution in [0.3, 0.4) is 0 Å². The highest BCUT2D eigenvalue weighted by Gasteiger charge is 2.09. The smallest absolute Gasteiger partial charge is 0.191 e. The molecule has 0 aliphatic rings. The molecular weight excluding hydrogens is 302 g/mol. The van der Waals surface area contributed by atoms with Crippen LogP contribution in [0.2, 0.25) is 0 Å². The normalized spacial score (nSPS) is 9.96. The number of aromatic hydroxyl groups is 1. The van der Waals surface area contributed by atoms with E-state index in [1.165, 1.54) is 6.07 Å². The van der Waals surface area contributed by atoms with Gasteiger partial charge in [-0.15, -0.1) is 0 Å². The number of rotatable bonds is 5. The lowest BCUT2D eigenvalue weighted by Gasteiger charge is -2.13. The Hall–Kier alpha value is -3.45. The third-order valence-corrected chi connectivity index (χ3v) is 3.34. The fourth-order valence-electron chi connectivity index (χ4n) is 2.17. The summed E-state index contributed by atoms with van der Waals surface area (Å²) in [4.78, 5) is 3.42. The third-order valence-electron chi connectivity index (χ3n) is 3.34. The molecule has 0 saturated heterocycles. The van der Waals surface area contributed by atoms with Crippen LogP contribution in [0.1, 0.15) is 5.56 Å². The van der Waals surface area contributed by atoms with E-state index in [0.29, 0.717) is 29.5 Å². The average molecular weight is 317 g/mol. The minimum absolute atomic E-state index is 0.122. The molecule has 0 heterocycles. The molecule has 0 aromatic heterocycles. The lowest BCUT2D eigenvalue weighted by molar-refractivity contribution is 0.291. The fraction of sp³-hybridized carbons (Fsp3) is 0.0500. The van der Waals surface area contributed by atoms with Gasteiger partial charge in [0.1, 0.15) is 18.1 Å². The molecule has 0 radical (unpaired) electrons. The number of phenolic OH excluding ortho intramolecular Hbond substituents is 1. The van der Waals surface area contributed by atoms with Gasteiger partial charge in [-0.05, 0) is 29.8 Å². The number of phenols is 1. The predicted molar refractivity (Wildman–Crippen MR) is 91.7 cm³/mol. The summed E-state index contributed by atoms with van der Waals surface area (Å²) in [6.45, 7) is 7.53. The first-order valence-electron chi connectivity index (χ1n) is 7.40. The molecule has 0 spiro atoms. The number of benzene rings is 3. The largest absolute Gasteiger partial charge is 0.508 e. The van der Waals surface area contributed by atoms with E-state index in [9.17, 15) is 5.11 Å². The molecule has 4 nitrogen and oxygen atoms in total. The van der Waals surface area contributed by atoms with Gasteiger partial charge in [0.2, 0.25) is 0 Å². The van der Waals surface area contributed by atoms with Crippen LogP contribution in [0.25, 0.3) is 4.85 Å². The van der Waals surface area contributed by atoms with Crippen LogP contribution in [-0.2, 0) is 6.61 Å². The predicted octanol–water partition coefficient (Wildman–Crippen LogP) is 5.31. The summed E-state index contributed by atoms with van der Waals surface area (Å²) in [5.74, 6) is 1.59. The first-order valence-corrected chi connectivity index (χ1v) is 7.40. The van der Waals surface area contributed by atoms with Gasteiger partial charge in [0.05, 0.1) is 6.57 Å². The summed E-state index contributed by atoms with van der Waals surface area (Å²) in [7, 11) is 0. The molecule has 0 aliphatic heterocycles. The van der Waals surface area contributed by atoms with Gasteiger partial charge in [-0.1, -0.05) is 42.5 Å². The lowest BCUT2D eigenvalue weighted by atomic mass is 10.2. The van der Waals surface area contributed by atoms with Gasteiger partial charge in [-0.25, -0.2) is 4.85 Å². The topological polar surface area (TPSA) is 43.0 Å². The van der Waals surface area contributed by atoms with Crippen LogP contribution in [0.4, 0.5) is 5.69 Å². The van der Waals surface area contributed by atoms with Crippen molar-refractivity contribution in [3.05, 3.63) is 89.8 Å². The molecule has 4 heteroatoms. The van der Waals surface area contributed by atoms with Gasteiger partial charge in [0.15, 0.2) is 17.2 Å². The molecule has 24 heavy (non-hydrogen) atoms. The van der Waals surface area contributed by atoms with Crippen molar-refractivity contribution in [3.63, 3.8) is 0 Å². The summed E-state index contributed by atoms with van der Waals surface area (Å²) in [5, 5.41) is 9.54. The molecular formula is C20H15NO3. The van der Waals surface area contributed by atoms with Crippen molar-refractivity contribution in [2.45, 2.75) is 6.61 Å². The zero-order valence-electron chi connectivity index (χ0n) is 12.8. The van der Waals surface area contributed by atoms with E-state index >= 15 is 0 Å². The first kappa shape index (κ1) is 15.4. The summed E-state index contributed by atoms with van der Waals surface area (Å²) in [6, 6.07) is 21.3. The van der Waals surface area contributed by atoms with E-state index in [4.69, 9.17) is 16.0 Å². The summed E-state index contributed by atoms with van der Waals surface area (Å²) in [6.07, 6.45) is 0. The van der Waals surface area contributed by atoms with Crippen LogP contribution >= 0.6 is 0 Å². The molecule has 1 N–H and O–H groups in total. The van der Waals surface area contributed by atoms with Gasteiger partial charge >= 0.3 is 0 Å². The molecule has 3 aromatic carbocycles. The zero-order valence-corrected chi connectivity index (χ0v) is 12.8. The van der Waals surface area contributed by atoms with Crippen molar-refractivity contribution in [2.24, 2.45) is 0 Å². The second-order valence-electron chi connectivity index (χ2n) is 5.12.